The molecule has 0 amide bonds. The van der Waals surface area contributed by atoms with Gasteiger partial charge in [-0.1, -0.05) is 50.6 Å². The molecule has 2 atom stereocenters. The van der Waals surface area contributed by atoms with Gasteiger partial charge >= 0.3 is 0 Å². The summed E-state index contributed by atoms with van der Waals surface area (Å²) in [5, 5.41) is 3.22. The van der Waals surface area contributed by atoms with E-state index >= 15 is 0 Å². The van der Waals surface area contributed by atoms with Crippen LogP contribution >= 0.6 is 0 Å². The Morgan fingerprint density at radius 1 is 1.07 bits per heavy atom. The fourth-order valence-corrected chi connectivity index (χ4v) is 4.33. The third-order valence-corrected chi connectivity index (χ3v) is 5.68. The first-order valence-electron chi connectivity index (χ1n) is 9.75. The van der Waals surface area contributed by atoms with Crippen molar-refractivity contribution in [1.82, 2.24) is 5.32 Å². The predicted molar refractivity (Wildman–Crippen MR) is 120 cm³/mol. The zero-order valence-corrected chi connectivity index (χ0v) is 16.6. The van der Waals surface area contributed by atoms with E-state index in [2.05, 4.69) is 56.4 Å². The Kier molecular flexibility index (Phi) is 4.93. The van der Waals surface area contributed by atoms with Crippen LogP contribution in [-0.2, 0) is 4.74 Å². The lowest BCUT2D eigenvalue weighted by Crippen LogP contribution is -2.27. The van der Waals surface area contributed by atoms with Crippen molar-refractivity contribution in [3.8, 4) is 0 Å². The minimum Gasteiger partial charge on any atom is -0.442 e. The van der Waals surface area contributed by atoms with E-state index in [1.807, 2.05) is 12.1 Å². The lowest BCUT2D eigenvalue weighted by Gasteiger charge is -2.31. The van der Waals surface area contributed by atoms with Crippen LogP contribution in [0.5, 0.6) is 0 Å². The van der Waals surface area contributed by atoms with E-state index in [0.29, 0.717) is 29.6 Å². The van der Waals surface area contributed by atoms with Crippen LogP contribution in [0.1, 0.15) is 29.9 Å². The van der Waals surface area contributed by atoms with E-state index in [9.17, 15) is 0 Å². The minimum atomic E-state index is -0.145. The minimum absolute atomic E-state index is 0.145. The zero-order chi connectivity index (χ0) is 20.5. The molecular weight excluding hydrogens is 358 g/mol. The van der Waals surface area contributed by atoms with E-state index in [0.717, 1.165) is 29.7 Å². The summed E-state index contributed by atoms with van der Waals surface area (Å²) in [6.07, 6.45) is 5.31. The third-order valence-electron chi connectivity index (χ3n) is 5.68. The Morgan fingerprint density at radius 3 is 2.59 bits per heavy atom. The van der Waals surface area contributed by atoms with Gasteiger partial charge in [-0.2, -0.15) is 0 Å². The number of benzene rings is 1. The Balaban J connectivity index is 1.87. The Hall–Kier alpha value is -3.40. The average Bonchev–Trinajstić information content (AvgIpc) is 2.83. The quantitative estimate of drug-likeness (QED) is 0.784. The van der Waals surface area contributed by atoms with Crippen molar-refractivity contribution < 1.29 is 4.74 Å². The highest BCUT2D eigenvalue weighted by molar-refractivity contribution is 6.12. The van der Waals surface area contributed by atoms with E-state index in [-0.39, 0.29) is 12.0 Å². The number of hydrogen-bond acceptors (Lipinski definition) is 4. The Morgan fingerprint density at radius 2 is 1.83 bits per heavy atom. The molecule has 0 aliphatic carbocycles. The van der Waals surface area contributed by atoms with Crippen molar-refractivity contribution in [3.05, 3.63) is 109 Å². The van der Waals surface area contributed by atoms with Crippen LogP contribution in [0, 0.1) is 0 Å². The second-order valence-electron chi connectivity index (χ2n) is 7.37. The highest BCUT2D eigenvalue weighted by Gasteiger charge is 2.34. The first-order chi connectivity index (χ1) is 14.0. The number of nitrogens with zero attached hydrogens (tertiary/aromatic N) is 2. The van der Waals surface area contributed by atoms with Gasteiger partial charge in [0.15, 0.2) is 5.88 Å². The Labute approximate surface area is 172 Å². The predicted octanol–water partition coefficient (Wildman–Crippen LogP) is 4.96. The standard InChI is InChI=1S/C25H25N3O/c1-6-22-20-11-9-8-10-19(20)21-13-12-18-14-26-17(5)29-16(4)24(18)23(7-2)27-15(3)25(21)28-22/h6-11,21,25-26H,1-5,12-14H2. The van der Waals surface area contributed by atoms with E-state index in [1.165, 1.54) is 11.1 Å². The number of ether oxygens (including phenoxy) is 1. The van der Waals surface area contributed by atoms with Crippen molar-refractivity contribution in [2.75, 3.05) is 6.54 Å². The molecule has 3 aliphatic heterocycles. The molecule has 0 saturated heterocycles. The lowest BCUT2D eigenvalue weighted by molar-refractivity contribution is 0.298. The molecule has 4 heteroatoms. The molecule has 0 bridgehead atoms. The van der Waals surface area contributed by atoms with Crippen LogP contribution < -0.4 is 5.32 Å². The van der Waals surface area contributed by atoms with E-state index < -0.39 is 0 Å². The largest absolute Gasteiger partial charge is 0.442 e. The number of fused-ring (bicyclic) bond motifs is 3. The van der Waals surface area contributed by atoms with Gasteiger partial charge in [0.25, 0.3) is 0 Å². The molecule has 29 heavy (non-hydrogen) atoms. The molecule has 0 radical (unpaired) electrons. The van der Waals surface area contributed by atoms with Crippen molar-refractivity contribution in [3.63, 3.8) is 0 Å². The first-order valence-corrected chi connectivity index (χ1v) is 9.75. The zero-order valence-electron chi connectivity index (χ0n) is 16.6. The molecule has 3 heterocycles. The number of nitrogens with one attached hydrogen (secondary N) is 1. The van der Waals surface area contributed by atoms with Gasteiger partial charge in [0, 0.05) is 23.6 Å². The van der Waals surface area contributed by atoms with Crippen LogP contribution in [0.25, 0.3) is 0 Å². The van der Waals surface area contributed by atoms with Crippen molar-refractivity contribution in [2.45, 2.75) is 24.8 Å². The molecule has 0 aromatic heterocycles. The number of allylic oxidation sites excluding steroid dienone is 3. The van der Waals surface area contributed by atoms with Crippen LogP contribution in [0.15, 0.2) is 108 Å². The van der Waals surface area contributed by atoms with Crippen molar-refractivity contribution >= 4 is 11.4 Å². The van der Waals surface area contributed by atoms with Crippen LogP contribution in [0.3, 0.4) is 0 Å². The van der Waals surface area contributed by atoms with Gasteiger partial charge in [-0.3, -0.25) is 9.98 Å². The summed E-state index contributed by atoms with van der Waals surface area (Å²) in [5.41, 5.74) is 6.77. The molecule has 146 valence electrons. The number of rotatable bonds is 2. The summed E-state index contributed by atoms with van der Waals surface area (Å²) in [4.78, 5) is 9.83. The van der Waals surface area contributed by atoms with Gasteiger partial charge in [0.2, 0.25) is 0 Å². The van der Waals surface area contributed by atoms with E-state index in [4.69, 9.17) is 14.7 Å². The number of hydrogen-bond donors (Lipinski definition) is 1. The van der Waals surface area contributed by atoms with Gasteiger partial charge in [-0.05, 0) is 42.7 Å². The average molecular weight is 383 g/mol. The lowest BCUT2D eigenvalue weighted by atomic mass is 9.79. The molecule has 0 fully saturated rings. The maximum Gasteiger partial charge on any atom is 0.186 e. The molecule has 3 aliphatic rings. The molecule has 4 rings (SSSR count). The van der Waals surface area contributed by atoms with Crippen LogP contribution in [-0.4, -0.2) is 24.0 Å². The van der Waals surface area contributed by atoms with Crippen molar-refractivity contribution in [1.29, 1.82) is 0 Å². The maximum absolute atomic E-state index is 5.74. The van der Waals surface area contributed by atoms with Gasteiger partial charge < -0.3 is 10.1 Å². The molecule has 0 saturated carbocycles. The fraction of sp³-hybridized carbons (Fsp3) is 0.200. The normalized spacial score (nSPS) is 24.1. The maximum atomic E-state index is 5.74. The van der Waals surface area contributed by atoms with Gasteiger partial charge in [0.1, 0.15) is 5.76 Å². The smallest absolute Gasteiger partial charge is 0.186 e. The van der Waals surface area contributed by atoms with Crippen molar-refractivity contribution in [2.24, 2.45) is 9.98 Å². The highest BCUT2D eigenvalue weighted by atomic mass is 16.5. The van der Waals surface area contributed by atoms with Gasteiger partial charge in [-0.15, -0.1) is 0 Å². The molecule has 1 aromatic rings. The van der Waals surface area contributed by atoms with Gasteiger partial charge in [0.05, 0.1) is 23.2 Å². The third kappa shape index (κ3) is 3.31. The molecule has 4 nitrogen and oxygen atoms in total. The van der Waals surface area contributed by atoms with Crippen LogP contribution in [0.2, 0.25) is 0 Å². The summed E-state index contributed by atoms with van der Waals surface area (Å²) in [5.74, 6) is 1.20. The highest BCUT2D eigenvalue weighted by Crippen LogP contribution is 2.40. The molecular formula is C25H25N3O. The summed E-state index contributed by atoms with van der Waals surface area (Å²) >= 11 is 0. The fourth-order valence-electron chi connectivity index (χ4n) is 4.33. The monoisotopic (exact) mass is 383 g/mol. The van der Waals surface area contributed by atoms with E-state index in [1.54, 1.807) is 6.08 Å². The summed E-state index contributed by atoms with van der Waals surface area (Å²) in [7, 11) is 0. The second kappa shape index (κ2) is 7.55. The summed E-state index contributed by atoms with van der Waals surface area (Å²) in [6, 6.07) is 8.26. The molecule has 1 aromatic carbocycles. The number of aliphatic imine (C=N–C) groups is 2. The van der Waals surface area contributed by atoms with Crippen LogP contribution in [0.4, 0.5) is 0 Å². The SMILES string of the molecule is C=CC1=NC(=C)C2N=C(C=C)c3ccccc3C2CCC2=C1C(=C)OC(=C)NC2. The molecule has 1 N–H and O–H groups in total. The van der Waals surface area contributed by atoms with Gasteiger partial charge in [-0.25, -0.2) is 0 Å². The summed E-state index contributed by atoms with van der Waals surface area (Å²) < 4.78 is 5.74. The molecule has 0 spiro atoms. The summed E-state index contributed by atoms with van der Waals surface area (Å²) in [6.45, 7) is 20.8. The molecule has 2 unspecified atom stereocenters. The second-order valence-corrected chi connectivity index (χ2v) is 7.37. The first kappa shape index (κ1) is 18.9. The topological polar surface area (TPSA) is 46.0 Å². The Bertz CT molecular complexity index is 1040.